The Bertz CT molecular complexity index is 626. The normalized spacial score (nSPS) is 20.6. The Labute approximate surface area is 133 Å². The first kappa shape index (κ1) is 16.5. The van der Waals surface area contributed by atoms with Crippen LogP contribution in [-0.2, 0) is 21.6 Å². The van der Waals surface area contributed by atoms with Crippen LogP contribution in [0.2, 0.25) is 0 Å². The molecule has 1 fully saturated rings. The molecule has 21 heavy (non-hydrogen) atoms. The molecular formula is C13H19BrN2O4S. The lowest BCUT2D eigenvalue weighted by molar-refractivity contribution is 0.0615. The van der Waals surface area contributed by atoms with E-state index in [9.17, 15) is 13.2 Å². The molecule has 1 unspecified atom stereocenters. The molecule has 1 atom stereocenters. The summed E-state index contributed by atoms with van der Waals surface area (Å²) in [6.07, 6.45) is 2.29. The number of carbonyl (C=O) groups is 1. The Balaban J connectivity index is 2.23. The maximum absolute atomic E-state index is 12.7. The van der Waals surface area contributed by atoms with Crippen molar-refractivity contribution in [3.8, 4) is 0 Å². The molecular weight excluding hydrogens is 360 g/mol. The molecule has 0 aromatic carbocycles. The van der Waals surface area contributed by atoms with E-state index in [0.717, 1.165) is 4.47 Å². The topological polar surface area (TPSA) is 68.6 Å². The largest absolute Gasteiger partial charge is 0.383 e. The fourth-order valence-corrected chi connectivity index (χ4v) is 4.80. The van der Waals surface area contributed by atoms with Gasteiger partial charge in [-0.1, -0.05) is 0 Å². The summed E-state index contributed by atoms with van der Waals surface area (Å²) in [5.74, 6) is 0.0154. The average molecular weight is 379 g/mol. The van der Waals surface area contributed by atoms with Crippen LogP contribution in [0.3, 0.4) is 0 Å². The van der Waals surface area contributed by atoms with Crippen molar-refractivity contribution in [2.75, 3.05) is 31.8 Å². The number of ether oxygens (including phenoxy) is 1. The molecule has 0 bridgehead atoms. The van der Waals surface area contributed by atoms with Gasteiger partial charge in [-0.25, -0.2) is 8.42 Å². The third-order valence-electron chi connectivity index (χ3n) is 3.64. The summed E-state index contributed by atoms with van der Waals surface area (Å²) in [6, 6.07) is 1.47. The van der Waals surface area contributed by atoms with Gasteiger partial charge in [-0.05, 0) is 28.4 Å². The summed E-state index contributed by atoms with van der Waals surface area (Å²) >= 11 is 3.34. The summed E-state index contributed by atoms with van der Waals surface area (Å²) in [7, 11) is 0.315. The summed E-state index contributed by atoms with van der Waals surface area (Å²) in [4.78, 5) is 14.3. The molecule has 1 saturated heterocycles. The maximum Gasteiger partial charge on any atom is 0.270 e. The number of hydrogen-bond donors (Lipinski definition) is 0. The van der Waals surface area contributed by atoms with Crippen LogP contribution in [0.15, 0.2) is 16.7 Å². The van der Waals surface area contributed by atoms with Crippen LogP contribution in [0.4, 0.5) is 0 Å². The van der Waals surface area contributed by atoms with Gasteiger partial charge in [0.1, 0.15) is 5.69 Å². The van der Waals surface area contributed by atoms with Crippen molar-refractivity contribution < 1.29 is 17.9 Å². The highest BCUT2D eigenvalue weighted by Crippen LogP contribution is 2.22. The lowest BCUT2D eigenvalue weighted by Crippen LogP contribution is -2.43. The van der Waals surface area contributed by atoms with Crippen molar-refractivity contribution in [2.24, 2.45) is 7.05 Å². The van der Waals surface area contributed by atoms with E-state index in [2.05, 4.69) is 15.9 Å². The molecule has 2 rings (SSSR count). The van der Waals surface area contributed by atoms with Gasteiger partial charge < -0.3 is 14.2 Å². The van der Waals surface area contributed by atoms with E-state index in [1.807, 2.05) is 0 Å². The van der Waals surface area contributed by atoms with Gasteiger partial charge in [-0.3, -0.25) is 4.79 Å². The summed E-state index contributed by atoms with van der Waals surface area (Å²) in [6.45, 7) is 0.770. The van der Waals surface area contributed by atoms with Gasteiger partial charge in [0, 0.05) is 37.4 Å². The number of rotatable bonds is 5. The average Bonchev–Trinajstić information content (AvgIpc) is 2.92. The van der Waals surface area contributed by atoms with Gasteiger partial charge in [-0.15, -0.1) is 0 Å². The molecule has 0 radical (unpaired) electrons. The van der Waals surface area contributed by atoms with Crippen LogP contribution in [-0.4, -0.2) is 61.6 Å². The molecule has 1 aliphatic heterocycles. The first-order valence-corrected chi connectivity index (χ1v) is 9.27. The van der Waals surface area contributed by atoms with Crippen LogP contribution in [0.1, 0.15) is 16.9 Å². The van der Waals surface area contributed by atoms with E-state index < -0.39 is 9.84 Å². The van der Waals surface area contributed by atoms with Crippen molar-refractivity contribution in [1.29, 1.82) is 0 Å². The molecule has 6 nitrogen and oxygen atoms in total. The summed E-state index contributed by atoms with van der Waals surface area (Å²) in [5.41, 5.74) is 0.530. The van der Waals surface area contributed by atoms with E-state index >= 15 is 0 Å². The first-order valence-electron chi connectivity index (χ1n) is 6.66. The Morgan fingerprint density at radius 2 is 2.29 bits per heavy atom. The van der Waals surface area contributed by atoms with Crippen molar-refractivity contribution in [3.63, 3.8) is 0 Å². The lowest BCUT2D eigenvalue weighted by atomic mass is 10.2. The number of amides is 1. The van der Waals surface area contributed by atoms with Gasteiger partial charge in [0.25, 0.3) is 5.91 Å². The predicted octanol–water partition coefficient (Wildman–Crippen LogP) is 1.06. The van der Waals surface area contributed by atoms with Crippen LogP contribution in [0, 0.1) is 0 Å². The van der Waals surface area contributed by atoms with Crippen LogP contribution < -0.4 is 0 Å². The van der Waals surface area contributed by atoms with Crippen LogP contribution in [0.5, 0.6) is 0 Å². The molecule has 1 aromatic rings. The van der Waals surface area contributed by atoms with Gasteiger partial charge in [0.2, 0.25) is 0 Å². The molecule has 1 aromatic heterocycles. The summed E-state index contributed by atoms with van der Waals surface area (Å²) in [5, 5.41) is 0. The fraction of sp³-hybridized carbons (Fsp3) is 0.615. The quantitative estimate of drug-likeness (QED) is 0.768. The number of carbonyl (C=O) groups excluding carboxylic acids is 1. The zero-order valence-electron chi connectivity index (χ0n) is 12.1. The van der Waals surface area contributed by atoms with Crippen LogP contribution in [0.25, 0.3) is 0 Å². The van der Waals surface area contributed by atoms with Crippen molar-refractivity contribution >= 4 is 31.7 Å². The maximum atomic E-state index is 12.7. The standard InChI is InChI=1S/C13H19BrN2O4S/c1-15-8-10(14)7-12(15)13(17)16(4-5-20-2)11-3-6-21(18,19)9-11/h7-8,11H,3-6,9H2,1-2H3. The molecule has 1 aliphatic rings. The number of aromatic nitrogens is 1. The third kappa shape index (κ3) is 3.87. The Kier molecular flexibility index (Phi) is 5.11. The Hall–Kier alpha value is -0.860. The van der Waals surface area contributed by atoms with Gasteiger partial charge in [0.15, 0.2) is 9.84 Å². The van der Waals surface area contributed by atoms with Crippen LogP contribution >= 0.6 is 15.9 Å². The molecule has 0 saturated carbocycles. The second-order valence-corrected chi connectivity index (χ2v) is 8.35. The highest BCUT2D eigenvalue weighted by atomic mass is 79.9. The lowest BCUT2D eigenvalue weighted by Gasteiger charge is -2.28. The number of methoxy groups -OCH3 is 1. The minimum Gasteiger partial charge on any atom is -0.383 e. The third-order valence-corrected chi connectivity index (χ3v) is 5.82. The minimum atomic E-state index is -3.04. The highest BCUT2D eigenvalue weighted by molar-refractivity contribution is 9.10. The predicted molar refractivity (Wildman–Crippen MR) is 83.1 cm³/mol. The zero-order chi connectivity index (χ0) is 15.6. The molecule has 118 valence electrons. The van der Waals surface area contributed by atoms with E-state index in [1.165, 1.54) is 0 Å². The van der Waals surface area contributed by atoms with E-state index in [4.69, 9.17) is 4.74 Å². The van der Waals surface area contributed by atoms with Crippen molar-refractivity contribution in [1.82, 2.24) is 9.47 Å². The first-order chi connectivity index (χ1) is 9.84. The van der Waals surface area contributed by atoms with E-state index in [-0.39, 0.29) is 23.5 Å². The molecule has 0 spiro atoms. The number of aryl methyl sites for hydroxylation is 1. The zero-order valence-corrected chi connectivity index (χ0v) is 14.5. The summed E-state index contributed by atoms with van der Waals surface area (Å²) < 4.78 is 30.9. The number of hydrogen-bond acceptors (Lipinski definition) is 4. The Morgan fingerprint density at radius 1 is 1.57 bits per heavy atom. The smallest absolute Gasteiger partial charge is 0.270 e. The molecule has 8 heteroatoms. The second kappa shape index (κ2) is 6.50. The Morgan fingerprint density at radius 3 is 2.76 bits per heavy atom. The van der Waals surface area contributed by atoms with Crippen molar-refractivity contribution in [3.05, 3.63) is 22.4 Å². The van der Waals surface area contributed by atoms with E-state index in [1.54, 1.807) is 35.9 Å². The SMILES string of the molecule is COCCN(C(=O)c1cc(Br)cn1C)C1CCS(=O)(=O)C1. The van der Waals surface area contributed by atoms with Gasteiger partial charge >= 0.3 is 0 Å². The highest BCUT2D eigenvalue weighted by Gasteiger charge is 2.35. The van der Waals surface area contributed by atoms with E-state index in [0.29, 0.717) is 25.3 Å². The number of nitrogens with zero attached hydrogens (tertiary/aromatic N) is 2. The fourth-order valence-electron chi connectivity index (χ4n) is 2.54. The van der Waals surface area contributed by atoms with Gasteiger partial charge in [0.05, 0.1) is 18.1 Å². The number of halogens is 1. The minimum absolute atomic E-state index is 0.0358. The molecule has 0 aliphatic carbocycles. The van der Waals surface area contributed by atoms with Crippen molar-refractivity contribution in [2.45, 2.75) is 12.5 Å². The molecule has 2 heterocycles. The molecule has 1 amide bonds. The second-order valence-electron chi connectivity index (χ2n) is 5.20. The van der Waals surface area contributed by atoms with Gasteiger partial charge in [-0.2, -0.15) is 0 Å². The number of sulfone groups is 1. The monoisotopic (exact) mass is 378 g/mol. The molecule has 0 N–H and O–H groups in total.